The molecule has 0 aliphatic rings. The van der Waals surface area contributed by atoms with Crippen molar-refractivity contribution in [2.45, 2.75) is 113 Å². The van der Waals surface area contributed by atoms with Crippen molar-refractivity contribution in [2.24, 2.45) is 0 Å². The van der Waals surface area contributed by atoms with Crippen molar-refractivity contribution in [3.63, 3.8) is 0 Å². The summed E-state index contributed by atoms with van der Waals surface area (Å²) in [5, 5.41) is 0. The standard InChI is InChI=1S/C20H5F37O3S/c21-3(22,1-2-61(58,59)60)4(23,24)5(25,26)6(27,28)7(29,30)8(31,32)9(33,34)10(35,36)11(37,38)12(39,40)13(41,42)14(43,44)15(45,46)16(47,48)17(49,50)18(51,52)19(53,54)20(55,56)57/h1-2H2,(H,58,59,60). The van der Waals surface area contributed by atoms with Gasteiger partial charge in [0.2, 0.25) is 0 Å². The van der Waals surface area contributed by atoms with Gasteiger partial charge in [-0.05, 0) is 0 Å². The zero-order valence-electron chi connectivity index (χ0n) is 26.1. The van der Waals surface area contributed by atoms with Gasteiger partial charge in [0.1, 0.15) is 0 Å². The van der Waals surface area contributed by atoms with Crippen LogP contribution >= 0.6 is 0 Å². The molecule has 0 aliphatic heterocycles. The van der Waals surface area contributed by atoms with Gasteiger partial charge in [-0.2, -0.15) is 171 Å². The van der Waals surface area contributed by atoms with E-state index >= 15 is 0 Å². The highest BCUT2D eigenvalue weighted by Gasteiger charge is 3.02. The first kappa shape index (κ1) is 58.3. The average Bonchev–Trinajstić information content (AvgIpc) is 3.01. The molecule has 1 N–H and O–H groups in total. The van der Waals surface area contributed by atoms with E-state index in [1.807, 2.05) is 0 Å². The minimum Gasteiger partial charge on any atom is -0.286 e. The second-order valence-corrected chi connectivity index (χ2v) is 13.0. The van der Waals surface area contributed by atoms with E-state index in [1.54, 1.807) is 0 Å². The van der Waals surface area contributed by atoms with E-state index in [2.05, 4.69) is 0 Å². The van der Waals surface area contributed by atoms with Crippen molar-refractivity contribution in [1.29, 1.82) is 0 Å². The van der Waals surface area contributed by atoms with Crippen LogP contribution in [-0.4, -0.2) is 126 Å². The van der Waals surface area contributed by atoms with Crippen molar-refractivity contribution in [1.82, 2.24) is 0 Å². The lowest BCUT2D eigenvalue weighted by Crippen LogP contribution is -2.80. The molecule has 0 fully saturated rings. The maximum atomic E-state index is 14.0. The van der Waals surface area contributed by atoms with Crippen LogP contribution in [0.25, 0.3) is 0 Å². The summed E-state index contributed by atoms with van der Waals surface area (Å²) in [4.78, 5) is 0. The number of rotatable bonds is 19. The smallest absolute Gasteiger partial charge is 0.286 e. The van der Waals surface area contributed by atoms with Crippen LogP contribution < -0.4 is 0 Å². The molecule has 0 saturated heterocycles. The highest BCUT2D eigenvalue weighted by molar-refractivity contribution is 7.85. The van der Waals surface area contributed by atoms with Crippen molar-refractivity contribution in [2.75, 3.05) is 5.75 Å². The molecule has 0 spiro atoms. The van der Waals surface area contributed by atoms with Crippen LogP contribution in [0.4, 0.5) is 162 Å². The fourth-order valence-electron chi connectivity index (χ4n) is 3.58. The summed E-state index contributed by atoms with van der Waals surface area (Å²) in [5.41, 5.74) is 0. The van der Waals surface area contributed by atoms with E-state index in [-0.39, 0.29) is 0 Å². The maximum absolute atomic E-state index is 14.0. The lowest BCUT2D eigenvalue weighted by Gasteiger charge is -2.47. The Balaban J connectivity index is 7.85. The van der Waals surface area contributed by atoms with Crippen LogP contribution in [0.5, 0.6) is 0 Å². The molecule has 0 amide bonds. The van der Waals surface area contributed by atoms with E-state index < -0.39 is 129 Å². The Kier molecular flexibility index (Phi) is 13.5. The Morgan fingerprint density at radius 3 is 0.508 bits per heavy atom. The largest absolute Gasteiger partial charge is 0.460 e. The summed E-state index contributed by atoms with van der Waals surface area (Å²) in [6.07, 6.45) is -12.3. The molecule has 0 aromatic heterocycles. The molecule has 0 rings (SSSR count). The maximum Gasteiger partial charge on any atom is 0.460 e. The normalized spacial score (nSPS) is 17.3. The molecule has 368 valence electrons. The Morgan fingerprint density at radius 2 is 0.377 bits per heavy atom. The minimum atomic E-state index is -10.5. The fraction of sp³-hybridized carbons (Fsp3) is 1.00. The van der Waals surface area contributed by atoms with Gasteiger partial charge in [-0.3, -0.25) is 4.55 Å². The summed E-state index contributed by atoms with van der Waals surface area (Å²) < 4.78 is 531. The fourth-order valence-corrected chi connectivity index (χ4v) is 4.10. The second-order valence-electron chi connectivity index (χ2n) is 11.4. The van der Waals surface area contributed by atoms with Crippen molar-refractivity contribution in [3.8, 4) is 0 Å². The molecule has 0 aromatic rings. The molecule has 0 saturated carbocycles. The van der Waals surface area contributed by atoms with Gasteiger partial charge >= 0.3 is 107 Å². The van der Waals surface area contributed by atoms with Crippen molar-refractivity contribution >= 4 is 10.1 Å². The summed E-state index contributed by atoms with van der Waals surface area (Å²) in [7, 11) is -6.21. The molecule has 61 heavy (non-hydrogen) atoms. The topological polar surface area (TPSA) is 54.4 Å². The van der Waals surface area contributed by atoms with Crippen LogP contribution in [0.1, 0.15) is 6.42 Å². The molecule has 3 nitrogen and oxygen atoms in total. The Hall–Kier alpha value is -2.68. The Morgan fingerprint density at radius 1 is 0.246 bits per heavy atom. The molecule has 41 heteroatoms. The predicted octanol–water partition coefficient (Wildman–Crippen LogP) is 11.6. The van der Waals surface area contributed by atoms with Gasteiger partial charge in [-0.1, -0.05) is 0 Å². The zero-order valence-corrected chi connectivity index (χ0v) is 26.9. The van der Waals surface area contributed by atoms with Gasteiger partial charge in [0.15, 0.2) is 0 Å². The molecular formula is C20H5F37O3S. The van der Waals surface area contributed by atoms with Crippen molar-refractivity contribution < 1.29 is 175 Å². The summed E-state index contributed by atoms with van der Waals surface area (Å²) in [6, 6.07) is 0. The van der Waals surface area contributed by atoms with E-state index in [1.165, 1.54) is 0 Å². The van der Waals surface area contributed by atoms with Gasteiger partial charge in [0.25, 0.3) is 10.1 Å². The molecule has 0 bridgehead atoms. The molecule has 0 atom stereocenters. The quantitative estimate of drug-likeness (QED) is 0.104. The summed E-state index contributed by atoms with van der Waals surface area (Å²) >= 11 is 0. The minimum absolute atomic E-state index is 3.09. The monoisotopic (exact) mass is 1030 g/mol. The van der Waals surface area contributed by atoms with Gasteiger partial charge in [-0.25, -0.2) is 0 Å². The Bertz CT molecular complexity index is 1720. The van der Waals surface area contributed by atoms with Crippen LogP contribution in [0, 0.1) is 0 Å². The molecule has 0 aliphatic carbocycles. The van der Waals surface area contributed by atoms with Crippen LogP contribution in [0.2, 0.25) is 0 Å². The number of alkyl halides is 37. The van der Waals surface area contributed by atoms with Crippen LogP contribution in [-0.2, 0) is 10.1 Å². The third-order valence-corrected chi connectivity index (χ3v) is 8.12. The van der Waals surface area contributed by atoms with Gasteiger partial charge in [-0.15, -0.1) is 0 Å². The van der Waals surface area contributed by atoms with Crippen LogP contribution in [0.3, 0.4) is 0 Å². The van der Waals surface area contributed by atoms with Gasteiger partial charge in [0.05, 0.1) is 5.75 Å². The summed E-state index contributed by atoms with van der Waals surface area (Å²) in [6.45, 7) is 0. The number of hydrogen-bond acceptors (Lipinski definition) is 2. The molecule has 0 unspecified atom stereocenters. The third kappa shape index (κ3) is 7.09. The van der Waals surface area contributed by atoms with E-state index in [9.17, 15) is 171 Å². The predicted molar refractivity (Wildman–Crippen MR) is 111 cm³/mol. The number of halogens is 37. The third-order valence-electron chi connectivity index (χ3n) is 7.40. The van der Waals surface area contributed by atoms with Crippen molar-refractivity contribution in [3.05, 3.63) is 0 Å². The van der Waals surface area contributed by atoms with E-state index in [0.717, 1.165) is 0 Å². The SMILES string of the molecule is O=S(=O)(O)CCC(F)(F)C(F)(F)C(F)(F)C(F)(F)C(F)(F)C(F)(F)C(F)(F)C(F)(F)C(F)(F)C(F)(F)C(F)(F)C(F)(F)C(F)(F)C(F)(F)C(F)(F)C(F)(F)C(F)(F)C(F)(F)F. The lowest BCUT2D eigenvalue weighted by atomic mass is 9.82. The van der Waals surface area contributed by atoms with Gasteiger partial charge < -0.3 is 0 Å². The second kappa shape index (κ2) is 14.2. The molecule has 0 aromatic carbocycles. The summed E-state index contributed by atoms with van der Waals surface area (Å²) in [5.74, 6) is -170. The average molecular weight is 1030 g/mol. The Labute approximate surface area is 305 Å². The molecule has 0 heterocycles. The lowest BCUT2D eigenvalue weighted by molar-refractivity contribution is -0.493. The molecule has 0 radical (unpaired) electrons. The first-order chi connectivity index (χ1) is 25.5. The molecular weight excluding hydrogens is 1020 g/mol. The number of hydrogen-bond donors (Lipinski definition) is 1. The van der Waals surface area contributed by atoms with E-state index in [0.29, 0.717) is 0 Å². The highest BCUT2D eigenvalue weighted by atomic mass is 32.2. The first-order valence-electron chi connectivity index (χ1n) is 12.9. The van der Waals surface area contributed by atoms with Gasteiger partial charge in [0, 0.05) is 6.42 Å². The highest BCUT2D eigenvalue weighted by Crippen LogP contribution is 2.70. The first-order valence-corrected chi connectivity index (χ1v) is 14.5. The van der Waals surface area contributed by atoms with Crippen LogP contribution in [0.15, 0.2) is 0 Å². The van der Waals surface area contributed by atoms with E-state index in [4.69, 9.17) is 4.55 Å². The zero-order chi connectivity index (χ0) is 50.9.